The average Bonchev–Trinajstić information content (AvgIpc) is 2.10. The number of hydrogen-bond acceptors (Lipinski definition) is 3. The van der Waals surface area contributed by atoms with E-state index in [1.54, 1.807) is 0 Å². The summed E-state index contributed by atoms with van der Waals surface area (Å²) in [5, 5.41) is 13.6. The third kappa shape index (κ3) is 1.78. The van der Waals surface area contributed by atoms with E-state index in [4.69, 9.17) is 5.53 Å². The van der Waals surface area contributed by atoms with Crippen LogP contribution < -0.4 is 0 Å². The summed E-state index contributed by atoms with van der Waals surface area (Å²) in [5.41, 5.74) is 7.81. The van der Waals surface area contributed by atoms with Crippen LogP contribution in [0.15, 0.2) is 17.2 Å². The van der Waals surface area contributed by atoms with Gasteiger partial charge in [0.2, 0.25) is 0 Å². The second kappa shape index (κ2) is 3.71. The van der Waals surface area contributed by atoms with Gasteiger partial charge in [0, 0.05) is 10.5 Å². The summed E-state index contributed by atoms with van der Waals surface area (Å²) >= 11 is 0. The monoisotopic (exact) mass is 196 g/mol. The SMILES string of the molecule is Cc1c(N=[N+]=[N-])cc(F)cc1[N+](=O)[O-]. The molecule has 0 saturated heterocycles. The highest BCUT2D eigenvalue weighted by Gasteiger charge is 2.15. The van der Waals surface area contributed by atoms with E-state index in [0.717, 1.165) is 12.1 Å². The molecule has 0 heterocycles. The molecule has 0 radical (unpaired) electrons. The number of rotatable bonds is 2. The van der Waals surface area contributed by atoms with Gasteiger partial charge in [0.1, 0.15) is 5.82 Å². The van der Waals surface area contributed by atoms with Gasteiger partial charge >= 0.3 is 0 Å². The smallest absolute Gasteiger partial charge is 0.258 e. The summed E-state index contributed by atoms with van der Waals surface area (Å²) in [6.07, 6.45) is 0. The minimum atomic E-state index is -0.801. The van der Waals surface area contributed by atoms with Crippen molar-refractivity contribution in [2.45, 2.75) is 6.92 Å². The Morgan fingerprint density at radius 2 is 2.29 bits per heavy atom. The Balaban J connectivity index is 3.46. The van der Waals surface area contributed by atoms with Gasteiger partial charge in [-0.05, 0) is 18.5 Å². The standard InChI is InChI=1S/C7H5FN4O2/c1-4-6(10-11-9)2-5(8)3-7(4)12(13)14/h2-3H,1H3. The summed E-state index contributed by atoms with van der Waals surface area (Å²) in [6, 6.07) is 1.73. The molecule has 0 aromatic heterocycles. The predicted molar refractivity (Wildman–Crippen MR) is 46.6 cm³/mol. The molecule has 0 N–H and O–H groups in total. The minimum Gasteiger partial charge on any atom is -0.258 e. The number of azide groups is 1. The van der Waals surface area contributed by atoms with Crippen LogP contribution in [0, 0.1) is 22.9 Å². The van der Waals surface area contributed by atoms with Crippen molar-refractivity contribution in [3.05, 3.63) is 44.1 Å². The molecular formula is C7H5FN4O2. The van der Waals surface area contributed by atoms with Gasteiger partial charge in [0.05, 0.1) is 16.7 Å². The van der Waals surface area contributed by atoms with Crippen molar-refractivity contribution in [3.8, 4) is 0 Å². The van der Waals surface area contributed by atoms with Crippen molar-refractivity contribution in [1.29, 1.82) is 0 Å². The molecule has 0 spiro atoms. The molecule has 1 aromatic rings. The van der Waals surface area contributed by atoms with Crippen LogP contribution in [0.3, 0.4) is 0 Å². The average molecular weight is 196 g/mol. The lowest BCUT2D eigenvalue weighted by Gasteiger charge is -2.00. The maximum Gasteiger partial charge on any atom is 0.275 e. The molecule has 6 nitrogen and oxygen atoms in total. The first kappa shape index (κ1) is 9.94. The maximum absolute atomic E-state index is 12.8. The van der Waals surface area contributed by atoms with Gasteiger partial charge in [-0.15, -0.1) is 0 Å². The van der Waals surface area contributed by atoms with Crippen LogP contribution >= 0.6 is 0 Å². The van der Waals surface area contributed by atoms with Gasteiger partial charge in [0.15, 0.2) is 0 Å². The molecule has 0 aliphatic rings. The molecule has 0 aliphatic heterocycles. The fraction of sp³-hybridized carbons (Fsp3) is 0.143. The van der Waals surface area contributed by atoms with Gasteiger partial charge in [0.25, 0.3) is 5.69 Å². The number of hydrogen-bond donors (Lipinski definition) is 0. The summed E-state index contributed by atoms with van der Waals surface area (Å²) in [7, 11) is 0. The third-order valence-corrected chi connectivity index (χ3v) is 1.67. The van der Waals surface area contributed by atoms with E-state index < -0.39 is 16.4 Å². The molecule has 0 fully saturated rings. The Hall–Kier alpha value is -2.14. The highest BCUT2D eigenvalue weighted by molar-refractivity contribution is 5.56. The Morgan fingerprint density at radius 1 is 1.64 bits per heavy atom. The van der Waals surface area contributed by atoms with Crippen molar-refractivity contribution < 1.29 is 9.31 Å². The molecule has 1 rings (SSSR count). The van der Waals surface area contributed by atoms with Crippen molar-refractivity contribution in [2.75, 3.05) is 0 Å². The molecule has 1 aromatic carbocycles. The quantitative estimate of drug-likeness (QED) is 0.239. The van der Waals surface area contributed by atoms with E-state index in [9.17, 15) is 14.5 Å². The van der Waals surface area contributed by atoms with Gasteiger partial charge in [-0.1, -0.05) is 5.11 Å². The zero-order chi connectivity index (χ0) is 10.7. The molecule has 14 heavy (non-hydrogen) atoms. The van der Waals surface area contributed by atoms with E-state index in [-0.39, 0.29) is 11.3 Å². The largest absolute Gasteiger partial charge is 0.275 e. The number of benzene rings is 1. The van der Waals surface area contributed by atoms with Crippen molar-refractivity contribution in [2.24, 2.45) is 5.11 Å². The van der Waals surface area contributed by atoms with E-state index >= 15 is 0 Å². The lowest BCUT2D eigenvalue weighted by molar-refractivity contribution is -0.385. The van der Waals surface area contributed by atoms with Crippen LogP contribution in [0.1, 0.15) is 5.56 Å². The summed E-state index contributed by atoms with van der Waals surface area (Å²) in [4.78, 5) is 12.2. The molecule has 7 heteroatoms. The fourth-order valence-electron chi connectivity index (χ4n) is 0.992. The number of nitro groups is 1. The first-order valence-corrected chi connectivity index (χ1v) is 3.56. The van der Waals surface area contributed by atoms with E-state index in [2.05, 4.69) is 10.0 Å². The first-order chi connectivity index (χ1) is 6.56. The minimum absolute atomic E-state index is 0.0702. The maximum atomic E-state index is 12.8. The lowest BCUT2D eigenvalue weighted by Crippen LogP contribution is -1.92. The summed E-state index contributed by atoms with van der Waals surface area (Å²) < 4.78 is 12.8. The Bertz CT molecular complexity index is 416. The highest BCUT2D eigenvalue weighted by Crippen LogP contribution is 2.29. The van der Waals surface area contributed by atoms with E-state index in [0.29, 0.717) is 0 Å². The summed E-state index contributed by atoms with van der Waals surface area (Å²) in [6.45, 7) is 1.39. The second-order valence-corrected chi connectivity index (χ2v) is 2.52. The van der Waals surface area contributed by atoms with Crippen LogP contribution in [-0.4, -0.2) is 4.92 Å². The zero-order valence-electron chi connectivity index (χ0n) is 7.14. The summed E-state index contributed by atoms with van der Waals surface area (Å²) in [5.74, 6) is -0.801. The Kier molecular flexibility index (Phi) is 2.64. The normalized spacial score (nSPS) is 9.29. The first-order valence-electron chi connectivity index (χ1n) is 3.56. The fourth-order valence-corrected chi connectivity index (χ4v) is 0.992. The van der Waals surface area contributed by atoms with Crippen LogP contribution in [-0.2, 0) is 0 Å². The zero-order valence-corrected chi connectivity index (χ0v) is 7.14. The van der Waals surface area contributed by atoms with Crippen LogP contribution in [0.5, 0.6) is 0 Å². The lowest BCUT2D eigenvalue weighted by atomic mass is 10.1. The van der Waals surface area contributed by atoms with Crippen LogP contribution in [0.4, 0.5) is 15.8 Å². The molecule has 0 saturated carbocycles. The third-order valence-electron chi connectivity index (χ3n) is 1.67. The molecule has 0 unspecified atom stereocenters. The highest BCUT2D eigenvalue weighted by atomic mass is 19.1. The van der Waals surface area contributed by atoms with Crippen molar-refractivity contribution in [1.82, 2.24) is 0 Å². The van der Waals surface area contributed by atoms with E-state index in [1.807, 2.05) is 0 Å². The van der Waals surface area contributed by atoms with Crippen LogP contribution in [0.25, 0.3) is 10.4 Å². The van der Waals surface area contributed by atoms with Gasteiger partial charge in [-0.25, -0.2) is 4.39 Å². The van der Waals surface area contributed by atoms with Crippen molar-refractivity contribution >= 4 is 11.4 Å². The second-order valence-electron chi connectivity index (χ2n) is 2.52. The Morgan fingerprint density at radius 3 is 2.79 bits per heavy atom. The van der Waals surface area contributed by atoms with Crippen LogP contribution in [0.2, 0.25) is 0 Å². The molecule has 72 valence electrons. The molecule has 0 amide bonds. The molecular weight excluding hydrogens is 191 g/mol. The van der Waals surface area contributed by atoms with Crippen molar-refractivity contribution in [3.63, 3.8) is 0 Å². The Labute approximate surface area is 77.7 Å². The molecule has 0 atom stereocenters. The molecule has 0 aliphatic carbocycles. The van der Waals surface area contributed by atoms with E-state index in [1.165, 1.54) is 6.92 Å². The van der Waals surface area contributed by atoms with Gasteiger partial charge < -0.3 is 0 Å². The predicted octanol–water partition coefficient (Wildman–Crippen LogP) is 2.98. The molecule has 0 bridgehead atoms. The number of halogens is 1. The van der Waals surface area contributed by atoms with Gasteiger partial charge in [-0.3, -0.25) is 10.1 Å². The number of nitrogens with zero attached hydrogens (tertiary/aromatic N) is 4. The van der Waals surface area contributed by atoms with Gasteiger partial charge in [-0.2, -0.15) is 0 Å². The topological polar surface area (TPSA) is 91.9 Å². The number of nitro benzene ring substituents is 1.